The molecule has 0 radical (unpaired) electrons. The molecule has 0 N–H and O–H groups in total. The van der Waals surface area contributed by atoms with Crippen LogP contribution in [-0.4, -0.2) is 51.1 Å². The molecule has 1 fully saturated rings. The first kappa shape index (κ1) is 31.5. The molecule has 0 saturated carbocycles. The minimum Gasteiger partial charge on any atom is -0.402 e. The van der Waals surface area contributed by atoms with Gasteiger partial charge in [0.2, 0.25) is 0 Å². The lowest BCUT2D eigenvalue weighted by Crippen LogP contribution is -2.69. The summed E-state index contributed by atoms with van der Waals surface area (Å²) in [6, 6.07) is 21.7. The molecule has 0 aromatic heterocycles. The summed E-state index contributed by atoms with van der Waals surface area (Å²) in [6.07, 6.45) is 4.73. The first-order valence-corrected chi connectivity index (χ1v) is 17.3. The Labute approximate surface area is 245 Å². The van der Waals surface area contributed by atoms with Gasteiger partial charge in [0.05, 0.1) is 24.4 Å². The largest absolute Gasteiger partial charge is 0.402 e. The molecule has 6 atom stereocenters. The fraction of sp³-hybridized carbons (Fsp3) is 0.562. The molecule has 0 amide bonds. The van der Waals surface area contributed by atoms with E-state index in [0.717, 1.165) is 23.7 Å². The van der Waals surface area contributed by atoms with Crippen LogP contribution in [0.25, 0.3) is 0 Å². The van der Waals surface area contributed by atoms with E-state index in [1.165, 1.54) is 10.4 Å². The van der Waals surface area contributed by atoms with Gasteiger partial charge in [0.25, 0.3) is 8.32 Å². The molecule has 210 valence electrons. The molecule has 0 spiro atoms. The van der Waals surface area contributed by atoms with E-state index in [4.69, 9.17) is 18.6 Å². The topological polar surface area (TPSA) is 36.9 Å². The zero-order valence-corrected chi connectivity index (χ0v) is 27.2. The lowest BCUT2D eigenvalue weighted by Gasteiger charge is -2.47. The number of methoxy groups -OCH3 is 1. The van der Waals surface area contributed by atoms with Crippen molar-refractivity contribution in [1.29, 1.82) is 0 Å². The van der Waals surface area contributed by atoms with Crippen molar-refractivity contribution in [3.63, 3.8) is 0 Å². The first-order valence-electron chi connectivity index (χ1n) is 13.9. The number of alkyl halides is 1. The molecule has 1 heterocycles. The highest BCUT2D eigenvalue weighted by molar-refractivity contribution is 14.1. The second kappa shape index (κ2) is 14.6. The van der Waals surface area contributed by atoms with Crippen molar-refractivity contribution in [1.82, 2.24) is 0 Å². The molecule has 1 saturated heterocycles. The van der Waals surface area contributed by atoms with Crippen molar-refractivity contribution in [3.8, 4) is 0 Å². The van der Waals surface area contributed by atoms with Gasteiger partial charge in [-0.3, -0.25) is 0 Å². The smallest absolute Gasteiger partial charge is 0.261 e. The van der Waals surface area contributed by atoms with Crippen LogP contribution < -0.4 is 10.4 Å². The van der Waals surface area contributed by atoms with Gasteiger partial charge in [-0.15, -0.1) is 6.58 Å². The van der Waals surface area contributed by atoms with Gasteiger partial charge in [0, 0.05) is 18.0 Å². The highest BCUT2D eigenvalue weighted by Gasteiger charge is 2.53. The minimum absolute atomic E-state index is 0.119. The van der Waals surface area contributed by atoms with E-state index in [1.54, 1.807) is 7.11 Å². The Morgan fingerprint density at radius 3 is 2.13 bits per heavy atom. The van der Waals surface area contributed by atoms with Crippen LogP contribution in [-0.2, 0) is 18.6 Å². The molecule has 1 aliphatic heterocycles. The third-order valence-electron chi connectivity index (χ3n) is 7.82. The molecule has 2 aromatic carbocycles. The highest BCUT2D eigenvalue weighted by Crippen LogP contribution is 2.40. The maximum Gasteiger partial charge on any atom is 0.261 e. The van der Waals surface area contributed by atoms with Crippen LogP contribution in [0.2, 0.25) is 5.04 Å². The van der Waals surface area contributed by atoms with Crippen LogP contribution in [0.5, 0.6) is 0 Å². The van der Waals surface area contributed by atoms with Gasteiger partial charge >= 0.3 is 0 Å². The maximum atomic E-state index is 7.70. The van der Waals surface area contributed by atoms with E-state index in [0.29, 0.717) is 5.92 Å². The molecular formula is C32H47IO4Si. The summed E-state index contributed by atoms with van der Waals surface area (Å²) in [5.41, 5.74) is 0. The van der Waals surface area contributed by atoms with E-state index >= 15 is 0 Å². The predicted molar refractivity (Wildman–Crippen MR) is 169 cm³/mol. The zero-order valence-electron chi connectivity index (χ0n) is 24.1. The monoisotopic (exact) mass is 650 g/mol. The summed E-state index contributed by atoms with van der Waals surface area (Å²) in [7, 11) is -1.10. The molecule has 3 rings (SSSR count). The molecule has 0 unspecified atom stereocenters. The zero-order chi connectivity index (χ0) is 27.8. The summed E-state index contributed by atoms with van der Waals surface area (Å²) >= 11 is 2.47. The molecule has 0 aliphatic carbocycles. The van der Waals surface area contributed by atoms with E-state index in [9.17, 15) is 0 Å². The van der Waals surface area contributed by atoms with Gasteiger partial charge in [-0.1, -0.05) is 124 Å². The quantitative estimate of drug-likeness (QED) is 0.0746. The Hall–Kier alpha value is -1.03. The maximum absolute atomic E-state index is 7.70. The van der Waals surface area contributed by atoms with Gasteiger partial charge in [0.15, 0.2) is 0 Å². The molecular weight excluding hydrogens is 603 g/mol. The van der Waals surface area contributed by atoms with Crippen LogP contribution in [0.1, 0.15) is 53.9 Å². The second-order valence-corrected chi connectivity index (χ2v) is 16.9. The molecule has 6 heteroatoms. The van der Waals surface area contributed by atoms with Crippen molar-refractivity contribution in [3.05, 3.63) is 73.3 Å². The number of hydrogen-bond donors (Lipinski definition) is 0. The third-order valence-corrected chi connectivity index (χ3v) is 14.3. The Kier molecular flexibility index (Phi) is 12.1. The van der Waals surface area contributed by atoms with E-state index in [1.807, 2.05) is 6.08 Å². The van der Waals surface area contributed by atoms with Crippen LogP contribution in [0.3, 0.4) is 0 Å². The first-order chi connectivity index (χ1) is 18.2. The van der Waals surface area contributed by atoms with Gasteiger partial charge in [-0.05, 0) is 40.1 Å². The van der Waals surface area contributed by atoms with Gasteiger partial charge < -0.3 is 18.6 Å². The third kappa shape index (κ3) is 7.37. The average molecular weight is 651 g/mol. The average Bonchev–Trinajstić information content (AvgIpc) is 3.25. The minimum atomic E-state index is -2.79. The summed E-state index contributed by atoms with van der Waals surface area (Å²) in [4.78, 5) is 0. The summed E-state index contributed by atoms with van der Waals surface area (Å²) < 4.78 is 27.1. The number of rotatable bonds is 14. The summed E-state index contributed by atoms with van der Waals surface area (Å²) in [5, 5.41) is 2.44. The Morgan fingerprint density at radius 1 is 1.08 bits per heavy atom. The van der Waals surface area contributed by atoms with Gasteiger partial charge in [0.1, 0.15) is 6.79 Å². The van der Waals surface area contributed by atoms with Gasteiger partial charge in [-0.25, -0.2) is 0 Å². The van der Waals surface area contributed by atoms with Gasteiger partial charge in [-0.2, -0.15) is 0 Å². The molecule has 38 heavy (non-hydrogen) atoms. The highest BCUT2D eigenvalue weighted by atomic mass is 127. The van der Waals surface area contributed by atoms with Crippen molar-refractivity contribution >= 4 is 41.3 Å². The van der Waals surface area contributed by atoms with Crippen LogP contribution in [0.15, 0.2) is 73.3 Å². The standard InChI is InChI=1S/C32H47IO4Si/c1-8-15-29-24(2)20-26(36-29)21-30(31(25(3)22-33)35-23-34-7)37-38(32(4,5)6,27-16-11-9-12-17-27)28-18-13-10-14-19-28/h8-14,16-19,24-26,29-31H,1,15,20-23H2,2-7H3/t24-,25-,26+,29-,30+,31-/m0/s1. The van der Waals surface area contributed by atoms with E-state index < -0.39 is 8.32 Å². The second-order valence-electron chi connectivity index (χ2n) is 11.8. The fourth-order valence-corrected chi connectivity index (χ4v) is 11.1. The number of ether oxygens (including phenoxy) is 3. The molecule has 2 aromatic rings. The molecule has 0 bridgehead atoms. The Morgan fingerprint density at radius 2 is 1.66 bits per heavy atom. The number of benzene rings is 2. The van der Waals surface area contributed by atoms with Crippen LogP contribution in [0, 0.1) is 11.8 Å². The van der Waals surface area contributed by atoms with Crippen LogP contribution in [0.4, 0.5) is 0 Å². The normalized spacial score (nSPS) is 22.7. The van der Waals surface area contributed by atoms with Crippen LogP contribution >= 0.6 is 22.6 Å². The lowest BCUT2D eigenvalue weighted by molar-refractivity contribution is -0.131. The summed E-state index contributed by atoms with van der Waals surface area (Å²) in [6.45, 7) is 15.7. The number of hydrogen-bond acceptors (Lipinski definition) is 4. The van der Waals surface area contributed by atoms with Crippen molar-refractivity contribution in [2.75, 3.05) is 18.3 Å². The Balaban J connectivity index is 2.13. The lowest BCUT2D eigenvalue weighted by atomic mass is 9.94. The predicted octanol–water partition coefficient (Wildman–Crippen LogP) is 6.75. The molecule has 4 nitrogen and oxygen atoms in total. The Bertz CT molecular complexity index is 925. The van der Waals surface area contributed by atoms with E-state index in [2.05, 4.69) is 124 Å². The van der Waals surface area contributed by atoms with Crippen molar-refractivity contribution < 1.29 is 18.6 Å². The fourth-order valence-electron chi connectivity index (χ4n) is 5.91. The summed E-state index contributed by atoms with van der Waals surface area (Å²) in [5.74, 6) is 0.781. The SMILES string of the molecule is C=CC[C@@H]1O[C@@H](C[C@@H](O[Si](c2ccccc2)(c2ccccc2)C(C)(C)C)[C@@H](OCOC)[C@@H](C)CI)C[C@@H]1C. The number of halogens is 1. The van der Waals surface area contributed by atoms with Crippen molar-refractivity contribution in [2.45, 2.75) is 83.3 Å². The van der Waals surface area contributed by atoms with Crippen molar-refractivity contribution in [2.24, 2.45) is 11.8 Å². The van der Waals surface area contributed by atoms with E-state index in [-0.39, 0.29) is 42.2 Å². The molecule has 1 aliphatic rings.